The van der Waals surface area contributed by atoms with Crippen molar-refractivity contribution in [3.05, 3.63) is 60.3 Å². The van der Waals surface area contributed by atoms with Crippen LogP contribution < -0.4 is 9.67 Å². The van der Waals surface area contributed by atoms with Gasteiger partial charge in [0.2, 0.25) is 0 Å². The molecule has 10 heteroatoms. The third-order valence-corrected chi connectivity index (χ3v) is 6.52. The third kappa shape index (κ3) is 5.84. The van der Waals surface area contributed by atoms with Gasteiger partial charge >= 0.3 is 94.4 Å². The van der Waals surface area contributed by atoms with Crippen LogP contribution in [0, 0.1) is 0 Å². The Hall–Kier alpha value is -2.84. The maximum absolute atomic E-state index is 11.6. The summed E-state index contributed by atoms with van der Waals surface area (Å²) in [6, 6.07) is 15.2. The van der Waals surface area contributed by atoms with Gasteiger partial charge in [-0.15, -0.1) is 0 Å². The van der Waals surface area contributed by atoms with Gasteiger partial charge in [0.05, 0.1) is 6.61 Å². The van der Waals surface area contributed by atoms with E-state index in [1.54, 1.807) is 6.92 Å². The Bertz CT molecular complexity index is 1080. The molecule has 9 nitrogen and oxygen atoms in total. The second-order valence-corrected chi connectivity index (χ2v) is 9.81. The number of carbonyl (C=O) groups is 2. The van der Waals surface area contributed by atoms with Gasteiger partial charge in [0.1, 0.15) is 5.69 Å². The number of amides is 1. The minimum atomic E-state index is -4.76. The van der Waals surface area contributed by atoms with Gasteiger partial charge in [-0.2, -0.15) is 0 Å². The predicted octanol–water partition coefficient (Wildman–Crippen LogP) is 2.06. The van der Waals surface area contributed by atoms with Crippen LogP contribution in [0.4, 0.5) is 5.69 Å². The van der Waals surface area contributed by atoms with Gasteiger partial charge in [0.25, 0.3) is 0 Å². The van der Waals surface area contributed by atoms with Gasteiger partial charge in [-0.3, -0.25) is 0 Å². The quantitative estimate of drug-likeness (QED) is 0.222. The molecule has 2 aromatic carbocycles. The summed E-state index contributed by atoms with van der Waals surface area (Å²) in [5.74, 6) is -0.505. The Morgan fingerprint density at radius 1 is 1.13 bits per heavy atom. The van der Waals surface area contributed by atoms with Crippen molar-refractivity contribution in [1.29, 1.82) is 0 Å². The Morgan fingerprint density at radius 2 is 1.77 bits per heavy atom. The number of ether oxygens (including phenoxy) is 1. The number of fused-ring (bicyclic) bond motifs is 1. The predicted molar refractivity (Wildman–Crippen MR) is 112 cm³/mol. The molecule has 0 aliphatic rings. The number of esters is 1. The molecule has 0 aliphatic heterocycles. The summed E-state index contributed by atoms with van der Waals surface area (Å²) in [5, 5.41) is 11.8. The van der Waals surface area contributed by atoms with E-state index in [1.165, 1.54) is 31.2 Å². The molecule has 30 heavy (non-hydrogen) atoms. The molecule has 3 N–H and O–H groups in total. The topological polar surface area (TPSA) is 127 Å². The molecule has 1 unspecified atom stereocenters. The molecule has 0 spiro atoms. The van der Waals surface area contributed by atoms with E-state index in [0.29, 0.717) is 18.0 Å². The molecule has 1 atom stereocenters. The standard InChI is InChI=1S/C12H13NO2.C8H10AsNO5/c1-3-15-12(14)11-8-9-6-4-5-7-10(9)13(11)2;1-6(11)10-8-4-2-7(3-5-8)9(12,13)15-14/h4-8H,3H2,1-2H3;2-5,14H,1H3,(H,10,11)(H,12,13). The van der Waals surface area contributed by atoms with E-state index in [9.17, 15) is 13.3 Å². The molecule has 0 saturated carbocycles. The molecular formula is C20H23AsN2O7. The van der Waals surface area contributed by atoms with Crippen LogP contribution >= 0.6 is 0 Å². The van der Waals surface area contributed by atoms with E-state index in [2.05, 4.69) is 9.19 Å². The van der Waals surface area contributed by atoms with Crippen LogP contribution in [0.5, 0.6) is 0 Å². The number of aromatic nitrogens is 1. The summed E-state index contributed by atoms with van der Waals surface area (Å²) in [5.41, 5.74) is 2.14. The molecule has 160 valence electrons. The van der Waals surface area contributed by atoms with E-state index in [1.807, 2.05) is 41.9 Å². The van der Waals surface area contributed by atoms with E-state index >= 15 is 0 Å². The molecule has 1 aromatic heterocycles. The number of aryl methyl sites for hydroxylation is 1. The Kier molecular flexibility index (Phi) is 8.02. The van der Waals surface area contributed by atoms with Crippen molar-refractivity contribution in [3.63, 3.8) is 0 Å². The normalized spacial score (nSPS) is 12.4. The first-order chi connectivity index (χ1) is 14.2. The van der Waals surface area contributed by atoms with E-state index in [-0.39, 0.29) is 16.2 Å². The van der Waals surface area contributed by atoms with Crippen LogP contribution in [-0.4, -0.2) is 46.6 Å². The number of para-hydroxylation sites is 1. The summed E-state index contributed by atoms with van der Waals surface area (Å²) in [6.45, 7) is 3.56. The van der Waals surface area contributed by atoms with Gasteiger partial charge in [-0.1, -0.05) is 18.2 Å². The SMILES string of the molecule is CC(=O)Nc1ccc([As](=O)(O)OO)cc1.CCOC(=O)c1cc2ccccc2n1C. The van der Waals surface area contributed by atoms with E-state index in [4.69, 9.17) is 14.1 Å². The minimum Gasteiger partial charge on any atom is -0.461 e. The van der Waals surface area contributed by atoms with Gasteiger partial charge in [0.15, 0.2) is 0 Å². The second kappa shape index (κ2) is 10.3. The van der Waals surface area contributed by atoms with Crippen LogP contribution in [-0.2, 0) is 24.2 Å². The number of hydrogen-bond acceptors (Lipinski definition) is 6. The summed E-state index contributed by atoms with van der Waals surface area (Å²) < 4.78 is 30.7. The van der Waals surface area contributed by atoms with Crippen molar-refractivity contribution < 1.29 is 31.3 Å². The molecule has 1 amide bonds. The zero-order valence-corrected chi connectivity index (χ0v) is 18.6. The second-order valence-electron chi connectivity index (χ2n) is 6.20. The molecule has 3 aromatic rings. The van der Waals surface area contributed by atoms with Gasteiger partial charge in [-0.25, -0.2) is 4.79 Å². The van der Waals surface area contributed by atoms with Crippen molar-refractivity contribution in [3.8, 4) is 0 Å². The number of benzene rings is 2. The summed E-state index contributed by atoms with van der Waals surface area (Å²) in [4.78, 5) is 22.3. The Balaban J connectivity index is 0.000000214. The van der Waals surface area contributed by atoms with Gasteiger partial charge in [0, 0.05) is 18.0 Å². The summed E-state index contributed by atoms with van der Waals surface area (Å²) in [6.07, 6.45) is 0. The van der Waals surface area contributed by atoms with Gasteiger partial charge in [-0.05, 0) is 19.1 Å². The van der Waals surface area contributed by atoms with Gasteiger partial charge < -0.3 is 9.30 Å². The van der Waals surface area contributed by atoms with Crippen molar-refractivity contribution in [2.45, 2.75) is 13.8 Å². The molecule has 0 fully saturated rings. The van der Waals surface area contributed by atoms with Crippen LogP contribution in [0.3, 0.4) is 0 Å². The average molecular weight is 478 g/mol. The molecule has 0 aliphatic carbocycles. The molecular weight excluding hydrogens is 455 g/mol. The average Bonchev–Trinajstić information content (AvgIpc) is 3.06. The Labute approximate surface area is 176 Å². The first-order valence-corrected chi connectivity index (χ1v) is 12.3. The van der Waals surface area contributed by atoms with Crippen molar-refractivity contribution in [2.75, 3.05) is 11.9 Å². The first-order valence-electron chi connectivity index (χ1n) is 8.95. The van der Waals surface area contributed by atoms with Crippen LogP contribution in [0.15, 0.2) is 54.6 Å². The fourth-order valence-corrected chi connectivity index (χ4v) is 3.97. The number of anilines is 1. The summed E-state index contributed by atoms with van der Waals surface area (Å²) >= 11 is -4.76. The molecule has 0 bridgehead atoms. The molecule has 0 saturated heterocycles. The fraction of sp³-hybridized carbons (Fsp3) is 0.200. The van der Waals surface area contributed by atoms with Crippen LogP contribution in [0.2, 0.25) is 0 Å². The first kappa shape index (κ1) is 23.4. The maximum Gasteiger partial charge on any atom is 0.354 e. The number of nitrogens with one attached hydrogen (secondary N) is 1. The van der Waals surface area contributed by atoms with Crippen LogP contribution in [0.1, 0.15) is 24.3 Å². The smallest absolute Gasteiger partial charge is 0.354 e. The number of rotatable bonds is 5. The number of nitrogens with zero attached hydrogens (tertiary/aromatic N) is 1. The number of hydrogen-bond donors (Lipinski definition) is 3. The molecule has 0 radical (unpaired) electrons. The third-order valence-electron chi connectivity index (χ3n) is 4.06. The monoisotopic (exact) mass is 478 g/mol. The Morgan fingerprint density at radius 3 is 2.30 bits per heavy atom. The minimum absolute atomic E-state index is 0.00438. The van der Waals surface area contributed by atoms with E-state index in [0.717, 1.165) is 10.9 Å². The zero-order valence-electron chi connectivity index (χ0n) is 16.7. The molecule has 1 heterocycles. The van der Waals surface area contributed by atoms with Crippen molar-refractivity contribution in [1.82, 2.24) is 4.57 Å². The van der Waals surface area contributed by atoms with Crippen molar-refractivity contribution in [2.24, 2.45) is 7.05 Å². The molecule has 3 rings (SSSR count). The number of carbonyl (C=O) groups excluding carboxylic acids is 2. The summed E-state index contributed by atoms with van der Waals surface area (Å²) in [7, 11) is 1.87. The fourth-order valence-electron chi connectivity index (χ4n) is 2.67. The van der Waals surface area contributed by atoms with Crippen LogP contribution in [0.25, 0.3) is 10.9 Å². The largest absolute Gasteiger partial charge is 0.461 e. The van der Waals surface area contributed by atoms with Crippen molar-refractivity contribution >= 4 is 47.0 Å². The van der Waals surface area contributed by atoms with E-state index < -0.39 is 14.2 Å². The maximum atomic E-state index is 11.6. The zero-order chi connectivity index (χ0) is 22.3.